The summed E-state index contributed by atoms with van der Waals surface area (Å²) in [5.74, 6) is -0.0363. The van der Waals surface area contributed by atoms with Crippen molar-refractivity contribution in [2.45, 2.75) is 31.8 Å². The van der Waals surface area contributed by atoms with Gasteiger partial charge in [0.1, 0.15) is 4.34 Å². The number of carbonyl (C=O) groups is 1. The van der Waals surface area contributed by atoms with Crippen molar-refractivity contribution in [1.29, 1.82) is 0 Å². The number of hydrogen-bond donors (Lipinski definition) is 1. The third kappa shape index (κ3) is 4.00. The summed E-state index contributed by atoms with van der Waals surface area (Å²) in [6.07, 6.45) is 3.57. The zero-order chi connectivity index (χ0) is 15.5. The fourth-order valence-corrected chi connectivity index (χ4v) is 4.52. The van der Waals surface area contributed by atoms with E-state index in [4.69, 9.17) is 27.9 Å². The van der Waals surface area contributed by atoms with Crippen molar-refractivity contribution in [2.24, 2.45) is 0 Å². The van der Waals surface area contributed by atoms with Gasteiger partial charge in [-0.3, -0.25) is 4.79 Å². The molecule has 0 aromatic carbocycles. The molecule has 1 saturated heterocycles. The molecule has 0 radical (unpaired) electrons. The summed E-state index contributed by atoms with van der Waals surface area (Å²) in [5.41, 5.74) is 1.53. The Hall–Kier alpha value is -0.660. The lowest BCUT2D eigenvalue weighted by atomic mass is 10.1. The maximum Gasteiger partial charge on any atom is 0.226 e. The van der Waals surface area contributed by atoms with E-state index in [0.717, 1.165) is 37.1 Å². The number of thiazole rings is 1. The molecule has 118 valence electrons. The third-order valence-electron chi connectivity index (χ3n) is 3.40. The van der Waals surface area contributed by atoms with Crippen molar-refractivity contribution in [3.63, 3.8) is 0 Å². The molecule has 1 atom stereocenters. The lowest BCUT2D eigenvalue weighted by Gasteiger charge is -2.07. The lowest BCUT2D eigenvalue weighted by molar-refractivity contribution is -0.116. The maximum absolute atomic E-state index is 11.9. The van der Waals surface area contributed by atoms with Crippen molar-refractivity contribution in [3.8, 4) is 11.3 Å². The molecule has 2 aromatic heterocycles. The van der Waals surface area contributed by atoms with Gasteiger partial charge in [-0.05, 0) is 25.3 Å². The molecule has 3 heterocycles. The van der Waals surface area contributed by atoms with E-state index in [1.54, 1.807) is 6.07 Å². The quantitative estimate of drug-likeness (QED) is 0.791. The number of carbonyl (C=O) groups excluding carboxylic acids is 1. The Kier molecular flexibility index (Phi) is 5.36. The standard InChI is InChI=1S/C14H14Cl2N2O2S2/c15-11-6-9(13(16)22-11)10-7-21-14(17-10)18-12(19)4-3-8-2-1-5-20-8/h6-8H,1-5H2,(H,17,18,19). The Morgan fingerprint density at radius 1 is 1.50 bits per heavy atom. The molecule has 1 amide bonds. The number of ether oxygens (including phenoxy) is 1. The highest BCUT2D eigenvalue weighted by Gasteiger charge is 2.17. The molecule has 22 heavy (non-hydrogen) atoms. The van der Waals surface area contributed by atoms with Gasteiger partial charge in [-0.25, -0.2) is 4.98 Å². The summed E-state index contributed by atoms with van der Waals surface area (Å²) in [7, 11) is 0. The topological polar surface area (TPSA) is 51.2 Å². The van der Waals surface area contributed by atoms with Crippen molar-refractivity contribution in [1.82, 2.24) is 4.98 Å². The zero-order valence-electron chi connectivity index (χ0n) is 11.6. The molecule has 1 aliphatic heterocycles. The summed E-state index contributed by atoms with van der Waals surface area (Å²) in [6.45, 7) is 0.812. The molecule has 4 nitrogen and oxygen atoms in total. The van der Waals surface area contributed by atoms with Gasteiger partial charge in [0.25, 0.3) is 0 Å². The number of thiophene rings is 1. The van der Waals surface area contributed by atoms with E-state index in [1.165, 1.54) is 22.7 Å². The Bertz CT molecular complexity index is 666. The second kappa shape index (κ2) is 7.27. The number of halogens is 2. The fraction of sp³-hybridized carbons (Fsp3) is 0.429. The molecule has 8 heteroatoms. The largest absolute Gasteiger partial charge is 0.378 e. The van der Waals surface area contributed by atoms with E-state index in [0.29, 0.717) is 20.2 Å². The van der Waals surface area contributed by atoms with Crippen LogP contribution in [-0.4, -0.2) is 23.6 Å². The highest BCUT2D eigenvalue weighted by molar-refractivity contribution is 7.20. The second-order valence-corrected chi connectivity index (χ2v) is 8.14. The van der Waals surface area contributed by atoms with E-state index in [1.807, 2.05) is 5.38 Å². The molecule has 1 unspecified atom stereocenters. The van der Waals surface area contributed by atoms with E-state index in [2.05, 4.69) is 10.3 Å². The van der Waals surface area contributed by atoms with Crippen LogP contribution in [0.4, 0.5) is 5.13 Å². The monoisotopic (exact) mass is 376 g/mol. The summed E-state index contributed by atoms with van der Waals surface area (Å²) in [5, 5.41) is 5.26. The number of nitrogens with one attached hydrogen (secondary N) is 1. The van der Waals surface area contributed by atoms with Crippen LogP contribution in [0.1, 0.15) is 25.7 Å². The van der Waals surface area contributed by atoms with Crippen LogP contribution in [0.25, 0.3) is 11.3 Å². The molecule has 1 N–H and O–H groups in total. The first-order valence-electron chi connectivity index (χ1n) is 6.94. The molecule has 0 bridgehead atoms. The summed E-state index contributed by atoms with van der Waals surface area (Å²) < 4.78 is 6.74. The van der Waals surface area contributed by atoms with Gasteiger partial charge in [0, 0.05) is 24.0 Å². The van der Waals surface area contributed by atoms with Crippen LogP contribution in [0, 0.1) is 0 Å². The van der Waals surface area contributed by atoms with Gasteiger partial charge in [-0.15, -0.1) is 22.7 Å². The Labute approximate surface area is 146 Å². The average Bonchev–Trinajstić information content (AvgIpc) is 3.18. The van der Waals surface area contributed by atoms with Crippen molar-refractivity contribution >= 4 is 56.9 Å². The first-order chi connectivity index (χ1) is 10.6. The van der Waals surface area contributed by atoms with Gasteiger partial charge >= 0.3 is 0 Å². The van der Waals surface area contributed by atoms with Crippen LogP contribution < -0.4 is 5.32 Å². The maximum atomic E-state index is 11.9. The lowest BCUT2D eigenvalue weighted by Crippen LogP contribution is -2.15. The molecular formula is C14H14Cl2N2O2S2. The molecular weight excluding hydrogens is 363 g/mol. The first-order valence-corrected chi connectivity index (χ1v) is 9.39. The SMILES string of the molecule is O=C(CCC1CCCO1)Nc1nc(-c2cc(Cl)sc2Cl)cs1. The van der Waals surface area contributed by atoms with Gasteiger partial charge in [-0.1, -0.05) is 23.2 Å². The van der Waals surface area contributed by atoms with Crippen LogP contribution in [-0.2, 0) is 9.53 Å². The Morgan fingerprint density at radius 2 is 2.36 bits per heavy atom. The van der Waals surface area contributed by atoms with E-state index >= 15 is 0 Å². The van der Waals surface area contributed by atoms with E-state index < -0.39 is 0 Å². The highest BCUT2D eigenvalue weighted by Crippen LogP contribution is 2.39. The molecule has 1 aliphatic rings. The van der Waals surface area contributed by atoms with Gasteiger partial charge in [0.2, 0.25) is 5.91 Å². The smallest absolute Gasteiger partial charge is 0.226 e. The first kappa shape index (κ1) is 16.2. The highest BCUT2D eigenvalue weighted by atomic mass is 35.5. The van der Waals surface area contributed by atoms with Crippen molar-refractivity contribution < 1.29 is 9.53 Å². The van der Waals surface area contributed by atoms with Crippen LogP contribution >= 0.6 is 45.9 Å². The van der Waals surface area contributed by atoms with Gasteiger partial charge in [0.15, 0.2) is 5.13 Å². The Balaban J connectivity index is 1.57. The number of hydrogen-bond acceptors (Lipinski definition) is 5. The number of aromatic nitrogens is 1. The number of nitrogens with zero attached hydrogens (tertiary/aromatic N) is 1. The molecule has 3 rings (SSSR count). The minimum atomic E-state index is -0.0363. The minimum Gasteiger partial charge on any atom is -0.378 e. The molecule has 0 spiro atoms. The summed E-state index contributed by atoms with van der Waals surface area (Å²) in [6, 6.07) is 1.78. The number of rotatable bonds is 5. The van der Waals surface area contributed by atoms with Crippen LogP contribution in [0.5, 0.6) is 0 Å². The number of anilines is 1. The third-order valence-corrected chi connectivity index (χ3v) is 5.65. The van der Waals surface area contributed by atoms with Gasteiger partial charge < -0.3 is 10.1 Å². The normalized spacial score (nSPS) is 17.8. The minimum absolute atomic E-state index is 0.0363. The zero-order valence-corrected chi connectivity index (χ0v) is 14.7. The molecule has 2 aromatic rings. The second-order valence-electron chi connectivity index (χ2n) is 5.00. The Morgan fingerprint density at radius 3 is 3.05 bits per heavy atom. The molecule has 1 fully saturated rings. The average molecular weight is 377 g/mol. The summed E-state index contributed by atoms with van der Waals surface area (Å²) >= 11 is 14.7. The fourth-order valence-electron chi connectivity index (χ4n) is 2.32. The van der Waals surface area contributed by atoms with Gasteiger partial charge in [-0.2, -0.15) is 0 Å². The van der Waals surface area contributed by atoms with E-state index in [9.17, 15) is 4.79 Å². The van der Waals surface area contributed by atoms with Gasteiger partial charge in [0.05, 0.1) is 16.1 Å². The summed E-state index contributed by atoms with van der Waals surface area (Å²) in [4.78, 5) is 16.3. The van der Waals surface area contributed by atoms with Crippen molar-refractivity contribution in [3.05, 3.63) is 20.1 Å². The molecule has 0 saturated carbocycles. The predicted molar refractivity (Wildman–Crippen MR) is 92.3 cm³/mol. The van der Waals surface area contributed by atoms with Crippen molar-refractivity contribution in [2.75, 3.05) is 11.9 Å². The van der Waals surface area contributed by atoms with Crippen LogP contribution in [0.3, 0.4) is 0 Å². The number of amides is 1. The van der Waals surface area contributed by atoms with Crippen LogP contribution in [0.2, 0.25) is 8.67 Å². The predicted octanol–water partition coefficient (Wildman–Crippen LogP) is 5.08. The van der Waals surface area contributed by atoms with E-state index in [-0.39, 0.29) is 12.0 Å². The molecule has 0 aliphatic carbocycles. The van der Waals surface area contributed by atoms with Crippen LogP contribution in [0.15, 0.2) is 11.4 Å².